The van der Waals surface area contributed by atoms with Gasteiger partial charge in [0.25, 0.3) is 0 Å². The number of hydrogen-bond donors (Lipinski definition) is 2. The molecule has 1 amide bonds. The predicted molar refractivity (Wildman–Crippen MR) is 88.7 cm³/mol. The molecule has 1 heterocycles. The molecular weight excluding hydrogens is 332 g/mol. The molecule has 7 nitrogen and oxygen atoms in total. The highest BCUT2D eigenvalue weighted by Crippen LogP contribution is 2.18. The lowest BCUT2D eigenvalue weighted by Crippen LogP contribution is -2.39. The number of piperidine rings is 1. The van der Waals surface area contributed by atoms with Crippen molar-refractivity contribution < 1.29 is 23.1 Å². The zero-order valence-corrected chi connectivity index (χ0v) is 14.1. The second-order valence-corrected chi connectivity index (χ2v) is 7.43. The first-order chi connectivity index (χ1) is 11.3. The summed E-state index contributed by atoms with van der Waals surface area (Å²) >= 11 is 0. The first-order valence-electron chi connectivity index (χ1n) is 7.57. The normalized spacial score (nSPS) is 16.5. The molecule has 1 aliphatic rings. The summed E-state index contributed by atoms with van der Waals surface area (Å²) in [5, 5.41) is 8.95. The molecule has 1 aliphatic heterocycles. The van der Waals surface area contributed by atoms with E-state index in [2.05, 4.69) is 4.72 Å². The molecule has 24 heavy (non-hydrogen) atoms. The van der Waals surface area contributed by atoms with Gasteiger partial charge in [-0.25, -0.2) is 13.1 Å². The van der Waals surface area contributed by atoms with E-state index in [0.717, 1.165) is 0 Å². The molecule has 0 atom stereocenters. The number of carboxylic acids is 1. The van der Waals surface area contributed by atoms with E-state index in [1.165, 1.54) is 25.3 Å². The van der Waals surface area contributed by atoms with Crippen molar-refractivity contribution in [2.45, 2.75) is 17.7 Å². The zero-order valence-electron chi connectivity index (χ0n) is 13.3. The summed E-state index contributed by atoms with van der Waals surface area (Å²) in [4.78, 5) is 24.8. The van der Waals surface area contributed by atoms with Crippen molar-refractivity contribution in [3.63, 3.8) is 0 Å². The summed E-state index contributed by atoms with van der Waals surface area (Å²) in [5.74, 6) is -1.36. The van der Waals surface area contributed by atoms with Crippen molar-refractivity contribution in [3.05, 3.63) is 35.9 Å². The van der Waals surface area contributed by atoms with Crippen LogP contribution in [0.15, 0.2) is 35.2 Å². The second-order valence-electron chi connectivity index (χ2n) is 5.55. The lowest BCUT2D eigenvalue weighted by molar-refractivity contribution is -0.144. The number of carbonyl (C=O) groups is 2. The number of hydrogen-bond acceptors (Lipinski definition) is 4. The fraction of sp³-hybridized carbons (Fsp3) is 0.375. The van der Waals surface area contributed by atoms with Crippen LogP contribution in [0.4, 0.5) is 0 Å². The van der Waals surface area contributed by atoms with Crippen molar-refractivity contribution in [2.24, 2.45) is 5.92 Å². The summed E-state index contributed by atoms with van der Waals surface area (Å²) < 4.78 is 25.5. The van der Waals surface area contributed by atoms with Gasteiger partial charge in [0.1, 0.15) is 0 Å². The number of nitrogens with zero attached hydrogens (tertiary/aromatic N) is 1. The van der Waals surface area contributed by atoms with Crippen molar-refractivity contribution in [3.8, 4) is 0 Å². The molecule has 8 heteroatoms. The third-order valence-corrected chi connectivity index (χ3v) is 5.46. The Hall–Kier alpha value is -2.19. The highest BCUT2D eigenvalue weighted by Gasteiger charge is 2.25. The summed E-state index contributed by atoms with van der Waals surface area (Å²) in [6.45, 7) is 0.860. The van der Waals surface area contributed by atoms with E-state index in [1.807, 2.05) is 0 Å². The topological polar surface area (TPSA) is 104 Å². The Morgan fingerprint density at radius 1 is 1.21 bits per heavy atom. The minimum atomic E-state index is -3.47. The van der Waals surface area contributed by atoms with Gasteiger partial charge in [0.05, 0.1) is 10.8 Å². The minimum Gasteiger partial charge on any atom is -0.481 e. The Balaban J connectivity index is 1.96. The van der Waals surface area contributed by atoms with Crippen LogP contribution in [0.3, 0.4) is 0 Å². The number of aliphatic carboxylic acids is 1. The van der Waals surface area contributed by atoms with E-state index < -0.39 is 16.0 Å². The van der Waals surface area contributed by atoms with E-state index in [-0.39, 0.29) is 16.7 Å². The SMILES string of the molecule is CNS(=O)(=O)c1ccc(/C=C/C(=O)N2CCC(C(=O)O)CC2)cc1. The molecule has 1 aromatic carbocycles. The predicted octanol–water partition coefficient (Wildman–Crippen LogP) is 0.931. The molecule has 0 aliphatic carbocycles. The van der Waals surface area contributed by atoms with Crippen LogP contribution in [0.2, 0.25) is 0 Å². The highest BCUT2D eigenvalue weighted by molar-refractivity contribution is 7.89. The van der Waals surface area contributed by atoms with E-state index in [9.17, 15) is 18.0 Å². The first kappa shape index (κ1) is 18.2. The zero-order chi connectivity index (χ0) is 17.7. The molecule has 1 fully saturated rings. The Bertz CT molecular complexity index is 732. The first-order valence-corrected chi connectivity index (χ1v) is 9.05. The van der Waals surface area contributed by atoms with Crippen molar-refractivity contribution in [2.75, 3.05) is 20.1 Å². The van der Waals surface area contributed by atoms with E-state index in [4.69, 9.17) is 5.11 Å². The van der Waals surface area contributed by atoms with Gasteiger partial charge in [0.2, 0.25) is 15.9 Å². The van der Waals surface area contributed by atoms with Crippen LogP contribution in [0.25, 0.3) is 6.08 Å². The fourth-order valence-electron chi connectivity index (χ4n) is 2.50. The third-order valence-electron chi connectivity index (χ3n) is 4.03. The van der Waals surface area contributed by atoms with E-state index in [0.29, 0.717) is 31.5 Å². The van der Waals surface area contributed by atoms with Gasteiger partial charge < -0.3 is 10.0 Å². The van der Waals surface area contributed by atoms with Gasteiger partial charge in [-0.05, 0) is 43.7 Å². The Morgan fingerprint density at radius 3 is 2.29 bits per heavy atom. The number of rotatable bonds is 5. The van der Waals surface area contributed by atoms with Crippen LogP contribution in [0.1, 0.15) is 18.4 Å². The standard InChI is InChI=1S/C16H20N2O5S/c1-17-24(22,23)14-5-2-12(3-6-14)4-7-15(19)18-10-8-13(9-11-18)16(20)21/h2-7,13,17H,8-11H2,1H3,(H,20,21)/b7-4+. The smallest absolute Gasteiger partial charge is 0.306 e. The van der Waals surface area contributed by atoms with Gasteiger partial charge in [-0.15, -0.1) is 0 Å². The molecule has 0 radical (unpaired) electrons. The molecule has 2 N–H and O–H groups in total. The molecule has 0 spiro atoms. The number of carbonyl (C=O) groups excluding carboxylic acids is 1. The number of likely N-dealkylation sites (tertiary alicyclic amines) is 1. The molecule has 0 bridgehead atoms. The number of amides is 1. The lowest BCUT2D eigenvalue weighted by Gasteiger charge is -2.29. The fourth-order valence-corrected chi connectivity index (χ4v) is 3.23. The molecule has 1 saturated heterocycles. The molecule has 0 aromatic heterocycles. The number of benzene rings is 1. The largest absolute Gasteiger partial charge is 0.481 e. The van der Waals surface area contributed by atoms with Crippen LogP contribution in [0, 0.1) is 5.92 Å². The Morgan fingerprint density at radius 2 is 1.79 bits per heavy atom. The Kier molecular flexibility index (Phi) is 5.74. The number of carboxylic acid groups (broad SMARTS) is 1. The van der Waals surface area contributed by atoms with Crippen molar-refractivity contribution in [1.29, 1.82) is 0 Å². The quantitative estimate of drug-likeness (QED) is 0.767. The maximum absolute atomic E-state index is 12.1. The van der Waals surface area contributed by atoms with Gasteiger partial charge in [0.15, 0.2) is 0 Å². The lowest BCUT2D eigenvalue weighted by atomic mass is 9.97. The molecule has 2 rings (SSSR count). The van der Waals surface area contributed by atoms with Gasteiger partial charge in [-0.2, -0.15) is 0 Å². The van der Waals surface area contributed by atoms with Crippen molar-refractivity contribution in [1.82, 2.24) is 9.62 Å². The number of nitrogens with one attached hydrogen (secondary N) is 1. The molecular formula is C16H20N2O5S. The van der Waals surface area contributed by atoms with Crippen LogP contribution < -0.4 is 4.72 Å². The average Bonchev–Trinajstić information content (AvgIpc) is 2.60. The second kappa shape index (κ2) is 7.59. The van der Waals surface area contributed by atoms with Crippen LogP contribution >= 0.6 is 0 Å². The number of sulfonamides is 1. The minimum absolute atomic E-state index is 0.157. The third kappa shape index (κ3) is 4.42. The molecule has 0 unspecified atom stereocenters. The van der Waals surface area contributed by atoms with E-state index >= 15 is 0 Å². The molecule has 0 saturated carbocycles. The Labute approximate surface area is 141 Å². The van der Waals surface area contributed by atoms with Crippen LogP contribution in [0.5, 0.6) is 0 Å². The summed E-state index contributed by atoms with van der Waals surface area (Å²) in [7, 11) is -2.13. The van der Waals surface area contributed by atoms with Gasteiger partial charge >= 0.3 is 5.97 Å². The van der Waals surface area contributed by atoms with E-state index in [1.54, 1.807) is 23.1 Å². The van der Waals surface area contributed by atoms with Crippen LogP contribution in [-0.2, 0) is 19.6 Å². The molecule has 130 valence electrons. The monoisotopic (exact) mass is 352 g/mol. The van der Waals surface area contributed by atoms with Gasteiger partial charge in [-0.1, -0.05) is 12.1 Å². The summed E-state index contributed by atoms with van der Waals surface area (Å²) in [5.41, 5.74) is 0.707. The van der Waals surface area contributed by atoms with Gasteiger partial charge in [-0.3, -0.25) is 9.59 Å². The van der Waals surface area contributed by atoms with Crippen molar-refractivity contribution >= 4 is 28.0 Å². The average molecular weight is 352 g/mol. The van der Waals surface area contributed by atoms with Crippen LogP contribution in [-0.4, -0.2) is 50.4 Å². The maximum atomic E-state index is 12.1. The summed E-state index contributed by atoms with van der Waals surface area (Å²) in [6, 6.07) is 6.16. The molecule has 1 aromatic rings. The maximum Gasteiger partial charge on any atom is 0.306 e. The summed E-state index contributed by atoms with van der Waals surface area (Å²) in [6.07, 6.45) is 3.96. The van der Waals surface area contributed by atoms with Gasteiger partial charge in [0, 0.05) is 19.2 Å². The highest BCUT2D eigenvalue weighted by atomic mass is 32.2.